The minimum atomic E-state index is -1.96. The second kappa shape index (κ2) is 35.7. The zero-order valence-electron chi connectivity index (χ0n) is 53.9. The summed E-state index contributed by atoms with van der Waals surface area (Å²) in [6, 6.07) is 8.84. The Kier molecular flexibility index (Phi) is 29.3. The van der Waals surface area contributed by atoms with Gasteiger partial charge in [-0.25, -0.2) is 4.79 Å². The first-order chi connectivity index (χ1) is 43.5. The lowest BCUT2D eigenvalue weighted by Crippen LogP contribution is -2.68. The van der Waals surface area contributed by atoms with Crippen molar-refractivity contribution in [2.75, 3.05) is 6.61 Å². The summed E-state index contributed by atoms with van der Waals surface area (Å²) in [4.78, 5) is 55.4. The van der Waals surface area contributed by atoms with E-state index in [0.717, 1.165) is 57.4 Å². The Bertz CT molecular complexity index is 2400. The Morgan fingerprint density at radius 1 is 0.538 bits per heavy atom. The molecular weight excluding hydrogens is 1200 g/mol. The molecule has 6 saturated heterocycles. The van der Waals surface area contributed by atoms with Crippen molar-refractivity contribution < 1.29 is 126 Å². The van der Waals surface area contributed by atoms with Gasteiger partial charge in [0.15, 0.2) is 55.9 Å². The monoisotopic (exact) mass is 1300 g/mol. The molecule has 28 atom stereocenters. The first kappa shape index (κ1) is 74.5. The van der Waals surface area contributed by atoms with Crippen LogP contribution in [-0.2, 0) is 85.5 Å². The normalized spacial score (nSPS) is 40.6. The number of carbonyl (C=O) groups excluding carboxylic acids is 4. The summed E-state index contributed by atoms with van der Waals surface area (Å²) in [5.74, 6) is -4.55. The highest BCUT2D eigenvalue weighted by Gasteiger charge is 2.59. The zero-order chi connectivity index (χ0) is 66.2. The van der Waals surface area contributed by atoms with Crippen LogP contribution in [0.3, 0.4) is 0 Å². The standard InChI is InChI=1S/C65H102O26/c1-10-13-20-27-40-28-23-17-15-14-16-18-24-29-42(67)84-55-50(75)63(90-56-47(72)45(70)41(32-66)83-64(56)82-40)80-37(8)52(55)89-65-58(87-60(77)34(5)12-3)57(91-61-48(73)46(71)44(69)35(6)78-61)53(38(9)81-65)88-62-49(74)54(51(36(7)79-62)86-59(76)33(4)11-2)85-43(68)31-30-39-25-21-19-22-26-39/h19,21-22,25-26,30-31,33-38,40-41,44-58,61-66,69-75H,10-18,20,23-24,27-29,32H2,1-9H3/b31-30+/t33-,34-,35-,36-,37-,38-,40+,41+,44-,45+,46+,47-,48+,49+,50+,51-,52-,53-,54-,55-,56+,57+,58+,61-,62-,63-,64+,65-/m0/s1. The van der Waals surface area contributed by atoms with E-state index in [1.54, 1.807) is 58.0 Å². The average Bonchev–Trinajstić information content (AvgIpc) is 0.809. The number of unbranched alkanes of at least 4 members (excludes halogenated alkanes) is 2. The van der Waals surface area contributed by atoms with Crippen molar-refractivity contribution in [2.24, 2.45) is 11.8 Å². The van der Waals surface area contributed by atoms with Crippen LogP contribution in [-0.4, -0.2) is 231 Å². The molecule has 7 rings (SSSR count). The number of hydrogen-bond donors (Lipinski definition) is 8. The predicted molar refractivity (Wildman–Crippen MR) is 319 cm³/mol. The van der Waals surface area contributed by atoms with E-state index in [2.05, 4.69) is 6.92 Å². The molecule has 1 aromatic rings. The number of ether oxygens (including phenoxy) is 14. The van der Waals surface area contributed by atoms with Crippen LogP contribution < -0.4 is 0 Å². The summed E-state index contributed by atoms with van der Waals surface area (Å²) in [6.07, 6.45) is -28.0. The van der Waals surface area contributed by atoms with Gasteiger partial charge in [0, 0.05) is 12.5 Å². The van der Waals surface area contributed by atoms with Crippen LogP contribution in [0.15, 0.2) is 36.4 Å². The molecule has 1 aromatic carbocycles. The molecule has 0 amide bonds. The fraction of sp³-hybridized carbons (Fsp3) is 0.815. The van der Waals surface area contributed by atoms with E-state index in [0.29, 0.717) is 37.7 Å². The van der Waals surface area contributed by atoms with Crippen molar-refractivity contribution in [1.29, 1.82) is 0 Å². The van der Waals surface area contributed by atoms with Crippen LogP contribution in [0.4, 0.5) is 0 Å². The molecule has 26 heteroatoms. The Balaban J connectivity index is 1.25. The molecule has 6 heterocycles. The maximum Gasteiger partial charge on any atom is 0.331 e. The highest BCUT2D eigenvalue weighted by molar-refractivity contribution is 5.87. The van der Waals surface area contributed by atoms with Crippen LogP contribution in [0.5, 0.6) is 0 Å². The lowest BCUT2D eigenvalue weighted by Gasteiger charge is -2.51. The summed E-state index contributed by atoms with van der Waals surface area (Å²) in [7, 11) is 0. The van der Waals surface area contributed by atoms with Gasteiger partial charge < -0.3 is 107 Å². The molecule has 0 radical (unpaired) electrons. The molecule has 0 spiro atoms. The van der Waals surface area contributed by atoms with E-state index in [1.165, 1.54) is 33.8 Å². The van der Waals surface area contributed by atoms with E-state index in [9.17, 15) is 60.0 Å². The van der Waals surface area contributed by atoms with Crippen molar-refractivity contribution in [2.45, 2.75) is 318 Å². The van der Waals surface area contributed by atoms with Crippen molar-refractivity contribution in [3.8, 4) is 0 Å². The van der Waals surface area contributed by atoms with Gasteiger partial charge >= 0.3 is 23.9 Å². The maximum absolute atomic E-state index is 14.3. The van der Waals surface area contributed by atoms with Crippen molar-refractivity contribution in [3.63, 3.8) is 0 Å². The summed E-state index contributed by atoms with van der Waals surface area (Å²) >= 11 is 0. The molecule has 2 bridgehead atoms. The van der Waals surface area contributed by atoms with Crippen molar-refractivity contribution in [3.05, 3.63) is 42.0 Å². The smallest absolute Gasteiger partial charge is 0.331 e. The van der Waals surface area contributed by atoms with Gasteiger partial charge in [-0.2, -0.15) is 0 Å². The molecule has 26 nitrogen and oxygen atoms in total. The molecule has 91 heavy (non-hydrogen) atoms. The summed E-state index contributed by atoms with van der Waals surface area (Å²) < 4.78 is 88.7. The second-order valence-electron chi connectivity index (χ2n) is 25.2. The fourth-order valence-corrected chi connectivity index (χ4v) is 12.0. The maximum atomic E-state index is 14.3. The first-order valence-corrected chi connectivity index (χ1v) is 33.0. The number of hydrogen-bond acceptors (Lipinski definition) is 26. The van der Waals surface area contributed by atoms with Gasteiger partial charge in [0.1, 0.15) is 73.2 Å². The number of benzene rings is 1. The SMILES string of the molecule is CCCCC[C@@H]1CCCCCCCCCC(=O)O[C@H]2[C@@H](O)[C@H](O[C@H]3[C@H](O1)O[C@H](CO)[C@@H](O)[C@@H]3O)O[C@@H](C)[C@@H]2O[C@@H]1O[C@@H](C)[C@H](O[C@@H]2O[C@@H](C)[C@H](OC(=O)[C@@H](C)CC)[C@@H](OC(=O)/C=C/c3ccccc3)[C@H]2O)[C@@H](O[C@@H]2O[C@@H](C)[C@H](O)[C@@H](O)[C@H]2O)[C@H]1OC(=O)[C@@H](C)CC. The van der Waals surface area contributed by atoms with Crippen LogP contribution in [0.25, 0.3) is 6.08 Å². The van der Waals surface area contributed by atoms with Gasteiger partial charge in [-0.1, -0.05) is 123 Å². The van der Waals surface area contributed by atoms with E-state index >= 15 is 0 Å². The number of esters is 4. The summed E-state index contributed by atoms with van der Waals surface area (Å²) in [5, 5.41) is 91.6. The van der Waals surface area contributed by atoms with E-state index < -0.39 is 196 Å². The van der Waals surface area contributed by atoms with E-state index in [4.69, 9.17) is 66.3 Å². The molecule has 0 saturated carbocycles. The minimum Gasteiger partial charge on any atom is -0.456 e. The van der Waals surface area contributed by atoms with Gasteiger partial charge in [0.05, 0.1) is 49.0 Å². The largest absolute Gasteiger partial charge is 0.456 e. The number of aliphatic hydroxyl groups is 8. The first-order valence-electron chi connectivity index (χ1n) is 33.0. The van der Waals surface area contributed by atoms with Crippen molar-refractivity contribution >= 4 is 30.0 Å². The van der Waals surface area contributed by atoms with Gasteiger partial charge in [0.2, 0.25) is 0 Å². The van der Waals surface area contributed by atoms with Crippen molar-refractivity contribution in [1.82, 2.24) is 0 Å². The topological polar surface area (TPSA) is 359 Å². The third-order valence-corrected chi connectivity index (χ3v) is 18.2. The van der Waals surface area contributed by atoms with Crippen LogP contribution in [0, 0.1) is 11.8 Å². The van der Waals surface area contributed by atoms with Gasteiger partial charge in [-0.05, 0) is 71.4 Å². The fourth-order valence-electron chi connectivity index (χ4n) is 12.0. The van der Waals surface area contributed by atoms with Gasteiger partial charge in [-0.15, -0.1) is 0 Å². The molecule has 6 aliphatic heterocycles. The average molecular weight is 1300 g/mol. The molecule has 6 aliphatic rings. The number of rotatable bonds is 20. The molecule has 0 aliphatic carbocycles. The summed E-state index contributed by atoms with van der Waals surface area (Å²) in [6.45, 7) is 14.1. The Hall–Kier alpha value is -3.88. The molecule has 6 fully saturated rings. The Labute approximate surface area is 533 Å². The highest BCUT2D eigenvalue weighted by atomic mass is 16.8. The highest BCUT2D eigenvalue weighted by Crippen LogP contribution is 2.40. The lowest BCUT2D eigenvalue weighted by atomic mass is 9.95. The molecule has 8 N–H and O–H groups in total. The van der Waals surface area contributed by atoms with E-state index in [-0.39, 0.29) is 18.9 Å². The molecule has 518 valence electrons. The Morgan fingerprint density at radius 2 is 1.12 bits per heavy atom. The molecule has 0 unspecified atom stereocenters. The lowest BCUT2D eigenvalue weighted by molar-refractivity contribution is -0.400. The summed E-state index contributed by atoms with van der Waals surface area (Å²) in [5.41, 5.74) is 0.655. The third-order valence-electron chi connectivity index (χ3n) is 18.2. The van der Waals surface area contributed by atoms with Crippen LogP contribution >= 0.6 is 0 Å². The molecule has 0 aromatic heterocycles. The number of fused-ring (bicyclic) bond motifs is 3. The van der Waals surface area contributed by atoms with Gasteiger partial charge in [0.25, 0.3) is 0 Å². The van der Waals surface area contributed by atoms with Crippen LogP contribution in [0.1, 0.15) is 164 Å². The Morgan fingerprint density at radius 3 is 1.78 bits per heavy atom. The van der Waals surface area contributed by atoms with E-state index in [1.807, 2.05) is 0 Å². The number of carbonyl (C=O) groups is 4. The zero-order valence-corrected chi connectivity index (χ0v) is 53.9. The quantitative estimate of drug-likeness (QED) is 0.0399. The third kappa shape index (κ3) is 19.6. The number of aliphatic hydroxyl groups excluding tert-OH is 8. The van der Waals surface area contributed by atoms with Crippen LogP contribution in [0.2, 0.25) is 0 Å². The minimum absolute atomic E-state index is 0.0705. The second-order valence-corrected chi connectivity index (χ2v) is 25.2. The predicted octanol–water partition coefficient (Wildman–Crippen LogP) is 3.69. The molecular formula is C65H102O26. The van der Waals surface area contributed by atoms with Gasteiger partial charge in [-0.3, -0.25) is 14.4 Å².